The number of carbonyl (C=O) groups excluding carboxylic acids is 1. The first-order chi connectivity index (χ1) is 13.5. The van der Waals surface area contributed by atoms with Crippen molar-refractivity contribution in [1.29, 1.82) is 0 Å². The number of hydrogen-bond acceptors (Lipinski definition) is 4. The number of nitrogens with two attached hydrogens (primary N) is 1. The number of halogens is 1. The number of nitrogens with one attached hydrogen (secondary N) is 2. The van der Waals surface area contributed by atoms with Crippen molar-refractivity contribution in [2.24, 2.45) is 10.7 Å². The molecule has 1 fully saturated rings. The zero-order chi connectivity index (χ0) is 20.5. The second-order valence-electron chi connectivity index (χ2n) is 7.04. The second-order valence-corrected chi connectivity index (χ2v) is 7.04. The Morgan fingerprint density at radius 2 is 2.00 bits per heavy atom. The Labute approximate surface area is 167 Å². The molecule has 1 aliphatic rings. The third-order valence-electron chi connectivity index (χ3n) is 5.11. The first kappa shape index (κ1) is 21.9. The van der Waals surface area contributed by atoms with Crippen LogP contribution in [0.1, 0.15) is 32.3 Å². The molecule has 2 rings (SSSR count). The monoisotopic (exact) mass is 392 g/mol. The van der Waals surface area contributed by atoms with E-state index in [0.717, 1.165) is 44.6 Å². The van der Waals surface area contributed by atoms with E-state index < -0.39 is 0 Å². The van der Waals surface area contributed by atoms with Gasteiger partial charge in [-0.1, -0.05) is 6.07 Å². The van der Waals surface area contributed by atoms with Gasteiger partial charge in [0.2, 0.25) is 5.91 Å². The highest BCUT2D eigenvalue weighted by Crippen LogP contribution is 2.20. The fourth-order valence-electron chi connectivity index (χ4n) is 3.51. The van der Waals surface area contributed by atoms with Crippen LogP contribution in [0.15, 0.2) is 23.2 Å². The van der Waals surface area contributed by atoms with Gasteiger partial charge in [-0.25, -0.2) is 4.39 Å². The van der Waals surface area contributed by atoms with Gasteiger partial charge in [-0.2, -0.15) is 0 Å². The zero-order valence-corrected chi connectivity index (χ0v) is 17.2. The van der Waals surface area contributed by atoms with Gasteiger partial charge in [0.15, 0.2) is 5.96 Å². The molecule has 1 aromatic rings. The molecule has 0 unspecified atom stereocenters. The van der Waals surface area contributed by atoms with Crippen molar-refractivity contribution in [1.82, 2.24) is 15.5 Å². The van der Waals surface area contributed by atoms with Gasteiger partial charge in [-0.3, -0.25) is 14.7 Å². The molecular weight excluding hydrogens is 359 g/mol. The predicted octanol–water partition coefficient (Wildman–Crippen LogP) is 1.29. The number of primary amides is 1. The summed E-state index contributed by atoms with van der Waals surface area (Å²) < 4.78 is 14.4. The highest BCUT2D eigenvalue weighted by Gasteiger charge is 2.20. The van der Waals surface area contributed by atoms with Crippen LogP contribution in [0, 0.1) is 5.82 Å². The van der Waals surface area contributed by atoms with Crippen LogP contribution < -0.4 is 21.3 Å². The number of benzene rings is 1. The number of carbonyl (C=O) groups is 1. The van der Waals surface area contributed by atoms with Crippen LogP contribution >= 0.6 is 0 Å². The minimum atomic E-state index is -0.289. The summed E-state index contributed by atoms with van der Waals surface area (Å²) in [7, 11) is 1.72. The lowest BCUT2D eigenvalue weighted by Gasteiger charge is -2.32. The Bertz CT molecular complexity index is 669. The van der Waals surface area contributed by atoms with Gasteiger partial charge in [0, 0.05) is 45.8 Å². The van der Waals surface area contributed by atoms with Crippen molar-refractivity contribution in [3.63, 3.8) is 0 Å². The lowest BCUT2D eigenvalue weighted by atomic mass is 10.1. The quantitative estimate of drug-likeness (QED) is 0.458. The molecule has 0 aliphatic carbocycles. The molecule has 0 aromatic heterocycles. The van der Waals surface area contributed by atoms with E-state index in [4.69, 9.17) is 5.73 Å². The zero-order valence-electron chi connectivity index (χ0n) is 17.2. The van der Waals surface area contributed by atoms with Gasteiger partial charge in [-0.05, 0) is 44.4 Å². The van der Waals surface area contributed by atoms with Crippen LogP contribution in [0.2, 0.25) is 0 Å². The third kappa shape index (κ3) is 6.37. The molecule has 1 aromatic carbocycles. The SMILES string of the molecule is CCN(CC)c1ccc(CNC(=NC)NC2CCN(CC(N)=O)CC2)cc1F. The fraction of sp³-hybridized carbons (Fsp3) is 0.600. The number of aliphatic imine (C=N–C) groups is 1. The van der Waals surface area contributed by atoms with E-state index in [1.54, 1.807) is 13.1 Å². The summed E-state index contributed by atoms with van der Waals surface area (Å²) >= 11 is 0. The molecule has 0 spiro atoms. The van der Waals surface area contributed by atoms with Crippen LogP contribution in [0.25, 0.3) is 0 Å². The van der Waals surface area contributed by atoms with E-state index in [1.165, 1.54) is 0 Å². The number of piperidine rings is 1. The molecule has 0 saturated carbocycles. The van der Waals surface area contributed by atoms with Crippen molar-refractivity contribution in [3.8, 4) is 0 Å². The molecule has 1 aliphatic heterocycles. The molecule has 1 amide bonds. The second kappa shape index (κ2) is 10.8. The average Bonchev–Trinajstić information content (AvgIpc) is 2.68. The molecule has 0 atom stereocenters. The molecule has 7 nitrogen and oxygen atoms in total. The highest BCUT2D eigenvalue weighted by atomic mass is 19.1. The van der Waals surface area contributed by atoms with Gasteiger partial charge in [0.05, 0.1) is 12.2 Å². The molecule has 156 valence electrons. The van der Waals surface area contributed by atoms with Crippen molar-refractivity contribution < 1.29 is 9.18 Å². The summed E-state index contributed by atoms with van der Waals surface area (Å²) in [6, 6.07) is 5.65. The number of hydrogen-bond donors (Lipinski definition) is 3. The smallest absolute Gasteiger partial charge is 0.231 e. The van der Waals surface area contributed by atoms with E-state index >= 15 is 0 Å². The Kier molecular flexibility index (Phi) is 8.50. The van der Waals surface area contributed by atoms with Crippen LogP contribution in [-0.4, -0.2) is 62.6 Å². The molecule has 1 saturated heterocycles. The number of guanidine groups is 1. The van der Waals surface area contributed by atoms with E-state index in [2.05, 4.69) is 20.5 Å². The number of rotatable bonds is 8. The minimum absolute atomic E-state index is 0.201. The molecule has 1 heterocycles. The van der Waals surface area contributed by atoms with Gasteiger partial charge < -0.3 is 21.3 Å². The van der Waals surface area contributed by atoms with E-state index in [9.17, 15) is 9.18 Å². The Balaban J connectivity index is 1.84. The number of anilines is 1. The summed E-state index contributed by atoms with van der Waals surface area (Å²) in [5, 5.41) is 6.66. The van der Waals surface area contributed by atoms with Crippen molar-refractivity contribution in [2.75, 3.05) is 44.7 Å². The summed E-state index contributed by atoms with van der Waals surface area (Å²) in [6.07, 6.45) is 1.84. The van der Waals surface area contributed by atoms with Crippen LogP contribution in [-0.2, 0) is 11.3 Å². The van der Waals surface area contributed by atoms with Crippen molar-refractivity contribution in [3.05, 3.63) is 29.6 Å². The van der Waals surface area contributed by atoms with Crippen LogP contribution in [0.5, 0.6) is 0 Å². The van der Waals surface area contributed by atoms with E-state index in [0.29, 0.717) is 24.7 Å². The maximum atomic E-state index is 14.4. The summed E-state index contributed by atoms with van der Waals surface area (Å²) in [4.78, 5) is 19.3. The fourth-order valence-corrected chi connectivity index (χ4v) is 3.51. The van der Waals surface area contributed by atoms with Crippen LogP contribution in [0.3, 0.4) is 0 Å². The van der Waals surface area contributed by atoms with Crippen molar-refractivity contribution in [2.45, 2.75) is 39.3 Å². The normalized spacial score (nSPS) is 16.1. The largest absolute Gasteiger partial charge is 0.370 e. The molecule has 0 bridgehead atoms. The summed E-state index contributed by atoms with van der Waals surface area (Å²) in [6.45, 7) is 8.06. The molecule has 8 heteroatoms. The maximum Gasteiger partial charge on any atom is 0.231 e. The Hall–Kier alpha value is -2.35. The average molecular weight is 393 g/mol. The first-order valence-electron chi connectivity index (χ1n) is 9.98. The predicted molar refractivity (Wildman–Crippen MR) is 112 cm³/mol. The number of amides is 1. The molecule has 28 heavy (non-hydrogen) atoms. The lowest BCUT2D eigenvalue weighted by molar-refractivity contribution is -0.119. The third-order valence-corrected chi connectivity index (χ3v) is 5.11. The number of likely N-dealkylation sites (tertiary alicyclic amines) is 1. The molecule has 0 radical (unpaired) electrons. The van der Waals surface area contributed by atoms with E-state index in [1.807, 2.05) is 30.9 Å². The Morgan fingerprint density at radius 3 is 2.54 bits per heavy atom. The Morgan fingerprint density at radius 1 is 1.32 bits per heavy atom. The molecular formula is C20H33FN6O. The van der Waals surface area contributed by atoms with Gasteiger partial charge >= 0.3 is 0 Å². The van der Waals surface area contributed by atoms with Crippen LogP contribution in [0.4, 0.5) is 10.1 Å². The topological polar surface area (TPSA) is 86.0 Å². The minimum Gasteiger partial charge on any atom is -0.370 e. The van der Waals surface area contributed by atoms with Crippen molar-refractivity contribution >= 4 is 17.6 Å². The molecule has 4 N–H and O–H groups in total. The maximum absolute atomic E-state index is 14.4. The lowest BCUT2D eigenvalue weighted by Crippen LogP contribution is -2.49. The summed E-state index contributed by atoms with van der Waals surface area (Å²) in [5.74, 6) is 0.206. The van der Waals surface area contributed by atoms with Gasteiger partial charge in [0.1, 0.15) is 5.82 Å². The first-order valence-corrected chi connectivity index (χ1v) is 9.98. The number of nitrogens with zero attached hydrogens (tertiary/aromatic N) is 3. The standard InChI is InChI=1S/C20H33FN6O/c1-4-27(5-2)18-7-6-15(12-17(18)21)13-24-20(23-3)25-16-8-10-26(11-9-16)14-19(22)28/h6-7,12,16H,4-5,8-11,13-14H2,1-3H3,(H2,22,28)(H2,23,24,25). The highest BCUT2D eigenvalue weighted by molar-refractivity contribution is 5.80. The van der Waals surface area contributed by atoms with Gasteiger partial charge in [0.25, 0.3) is 0 Å². The summed E-state index contributed by atoms with van der Waals surface area (Å²) in [5.41, 5.74) is 6.76. The van der Waals surface area contributed by atoms with E-state index in [-0.39, 0.29) is 17.8 Å². The van der Waals surface area contributed by atoms with Gasteiger partial charge in [-0.15, -0.1) is 0 Å².